The Kier molecular flexibility index (Phi) is 5.64. The number of piperazine rings is 2. The second-order valence-electron chi connectivity index (χ2n) is 7.51. The van der Waals surface area contributed by atoms with Crippen molar-refractivity contribution in [3.05, 3.63) is 54.4 Å². The average molecular weight is 393 g/mol. The van der Waals surface area contributed by atoms with E-state index in [0.29, 0.717) is 31.9 Å². The van der Waals surface area contributed by atoms with Crippen LogP contribution in [0.3, 0.4) is 0 Å². The Bertz CT molecular complexity index is 857. The lowest BCUT2D eigenvalue weighted by Crippen LogP contribution is -2.50. The number of pyridine rings is 1. The van der Waals surface area contributed by atoms with Gasteiger partial charge in [0.2, 0.25) is 5.91 Å². The first kappa shape index (κ1) is 19.2. The van der Waals surface area contributed by atoms with Crippen molar-refractivity contribution in [1.82, 2.24) is 14.8 Å². The van der Waals surface area contributed by atoms with Crippen LogP contribution in [0.4, 0.5) is 11.4 Å². The summed E-state index contributed by atoms with van der Waals surface area (Å²) >= 11 is 0. The summed E-state index contributed by atoms with van der Waals surface area (Å²) in [5.41, 5.74) is 2.77. The van der Waals surface area contributed by atoms with Gasteiger partial charge in [-0.3, -0.25) is 14.6 Å². The fourth-order valence-electron chi connectivity index (χ4n) is 3.98. The molecule has 4 rings (SSSR count). The minimum atomic E-state index is -0.0574. The first-order chi connectivity index (χ1) is 14.1. The molecule has 0 radical (unpaired) electrons. The van der Waals surface area contributed by atoms with Crippen LogP contribution in [0.25, 0.3) is 0 Å². The fourth-order valence-corrected chi connectivity index (χ4v) is 3.98. The first-order valence-corrected chi connectivity index (χ1v) is 10.2. The quantitative estimate of drug-likeness (QED) is 0.795. The number of anilines is 2. The van der Waals surface area contributed by atoms with Crippen molar-refractivity contribution < 1.29 is 9.59 Å². The van der Waals surface area contributed by atoms with Gasteiger partial charge in [-0.2, -0.15) is 0 Å². The molecule has 2 aliphatic rings. The maximum Gasteiger partial charge on any atom is 0.272 e. The van der Waals surface area contributed by atoms with E-state index in [1.54, 1.807) is 22.9 Å². The summed E-state index contributed by atoms with van der Waals surface area (Å²) in [5, 5.41) is 0. The Morgan fingerprint density at radius 1 is 0.759 bits per heavy atom. The number of hydrogen-bond donors (Lipinski definition) is 0. The summed E-state index contributed by atoms with van der Waals surface area (Å²) in [6, 6.07) is 14.3. The van der Waals surface area contributed by atoms with Gasteiger partial charge >= 0.3 is 0 Å². The SMILES string of the molecule is CC(=O)N1CCN(C(=O)c2cc(N3CCN(c4ccccc4)CC3)ccn2)CC1. The molecular weight excluding hydrogens is 366 g/mol. The normalized spacial score (nSPS) is 17.4. The van der Waals surface area contributed by atoms with Crippen LogP contribution in [0, 0.1) is 0 Å². The molecule has 152 valence electrons. The van der Waals surface area contributed by atoms with E-state index in [1.807, 2.05) is 18.2 Å². The number of benzene rings is 1. The molecule has 0 spiro atoms. The molecule has 2 saturated heterocycles. The molecule has 29 heavy (non-hydrogen) atoms. The smallest absolute Gasteiger partial charge is 0.272 e. The molecule has 0 saturated carbocycles. The number of para-hydroxylation sites is 1. The van der Waals surface area contributed by atoms with Crippen LogP contribution < -0.4 is 9.80 Å². The summed E-state index contributed by atoms with van der Waals surface area (Å²) < 4.78 is 0. The number of rotatable bonds is 3. The van der Waals surface area contributed by atoms with E-state index in [0.717, 1.165) is 31.9 Å². The van der Waals surface area contributed by atoms with Crippen LogP contribution in [-0.4, -0.2) is 79.0 Å². The topological polar surface area (TPSA) is 60.0 Å². The number of aromatic nitrogens is 1. The molecule has 7 heteroatoms. The summed E-state index contributed by atoms with van der Waals surface area (Å²) in [6.07, 6.45) is 1.72. The van der Waals surface area contributed by atoms with Crippen molar-refractivity contribution in [2.24, 2.45) is 0 Å². The molecule has 2 amide bonds. The molecule has 1 aromatic heterocycles. The second kappa shape index (κ2) is 8.51. The van der Waals surface area contributed by atoms with Gasteiger partial charge in [0.1, 0.15) is 5.69 Å². The predicted octanol–water partition coefficient (Wildman–Crippen LogP) is 1.71. The monoisotopic (exact) mass is 393 g/mol. The highest BCUT2D eigenvalue weighted by molar-refractivity contribution is 5.93. The Balaban J connectivity index is 1.38. The molecule has 0 atom stereocenters. The molecule has 0 unspecified atom stereocenters. The first-order valence-electron chi connectivity index (χ1n) is 10.2. The van der Waals surface area contributed by atoms with Crippen molar-refractivity contribution in [3.8, 4) is 0 Å². The van der Waals surface area contributed by atoms with Gasteiger partial charge in [0.05, 0.1) is 0 Å². The fraction of sp³-hybridized carbons (Fsp3) is 0.409. The largest absolute Gasteiger partial charge is 0.368 e. The van der Waals surface area contributed by atoms with Crippen molar-refractivity contribution in [1.29, 1.82) is 0 Å². The van der Waals surface area contributed by atoms with Gasteiger partial charge in [0.15, 0.2) is 0 Å². The third-order valence-electron chi connectivity index (χ3n) is 5.74. The lowest BCUT2D eigenvalue weighted by Gasteiger charge is -2.37. The summed E-state index contributed by atoms with van der Waals surface area (Å²) in [6.45, 7) is 7.56. The third kappa shape index (κ3) is 4.34. The highest BCUT2D eigenvalue weighted by Gasteiger charge is 2.25. The Labute approximate surface area is 171 Å². The third-order valence-corrected chi connectivity index (χ3v) is 5.74. The van der Waals surface area contributed by atoms with E-state index >= 15 is 0 Å². The Morgan fingerprint density at radius 3 is 1.97 bits per heavy atom. The van der Waals surface area contributed by atoms with E-state index in [1.165, 1.54) is 5.69 Å². The van der Waals surface area contributed by atoms with Crippen LogP contribution in [-0.2, 0) is 4.79 Å². The van der Waals surface area contributed by atoms with E-state index in [2.05, 4.69) is 39.0 Å². The molecule has 2 fully saturated rings. The van der Waals surface area contributed by atoms with Gasteiger partial charge in [-0.05, 0) is 24.3 Å². The van der Waals surface area contributed by atoms with Gasteiger partial charge in [-0.1, -0.05) is 18.2 Å². The van der Waals surface area contributed by atoms with Crippen LogP contribution in [0.2, 0.25) is 0 Å². The standard InChI is InChI=1S/C22H27N5O2/c1-18(28)24-9-15-27(16-10-24)22(29)21-17-20(7-8-23-21)26-13-11-25(12-14-26)19-5-3-2-4-6-19/h2-8,17H,9-16H2,1H3. The molecule has 7 nitrogen and oxygen atoms in total. The van der Waals surface area contributed by atoms with Crippen molar-refractivity contribution in [2.75, 3.05) is 62.2 Å². The van der Waals surface area contributed by atoms with Crippen molar-refractivity contribution in [2.45, 2.75) is 6.92 Å². The molecule has 0 aliphatic carbocycles. The molecule has 2 aromatic rings. The number of carbonyl (C=O) groups excluding carboxylic acids is 2. The number of nitrogens with zero attached hydrogens (tertiary/aromatic N) is 5. The minimum Gasteiger partial charge on any atom is -0.368 e. The lowest BCUT2D eigenvalue weighted by molar-refractivity contribution is -0.130. The van der Waals surface area contributed by atoms with E-state index < -0.39 is 0 Å². The zero-order valence-corrected chi connectivity index (χ0v) is 16.8. The van der Waals surface area contributed by atoms with Crippen LogP contribution in [0.5, 0.6) is 0 Å². The van der Waals surface area contributed by atoms with Gasteiger partial charge in [0.25, 0.3) is 5.91 Å². The second-order valence-corrected chi connectivity index (χ2v) is 7.51. The van der Waals surface area contributed by atoms with Gasteiger partial charge < -0.3 is 19.6 Å². The van der Waals surface area contributed by atoms with Gasteiger partial charge in [-0.15, -0.1) is 0 Å². The van der Waals surface area contributed by atoms with Crippen LogP contribution in [0.1, 0.15) is 17.4 Å². The maximum absolute atomic E-state index is 12.9. The predicted molar refractivity (Wildman–Crippen MR) is 113 cm³/mol. The van der Waals surface area contributed by atoms with Crippen molar-refractivity contribution in [3.63, 3.8) is 0 Å². The van der Waals surface area contributed by atoms with E-state index in [-0.39, 0.29) is 11.8 Å². The number of carbonyl (C=O) groups is 2. The molecule has 0 N–H and O–H groups in total. The zero-order chi connectivity index (χ0) is 20.2. The number of hydrogen-bond acceptors (Lipinski definition) is 5. The van der Waals surface area contributed by atoms with E-state index in [4.69, 9.17) is 0 Å². The van der Waals surface area contributed by atoms with Crippen molar-refractivity contribution >= 4 is 23.2 Å². The molecule has 3 heterocycles. The molecule has 2 aliphatic heterocycles. The summed E-state index contributed by atoms with van der Waals surface area (Å²) in [4.78, 5) is 36.9. The Hall–Kier alpha value is -3.09. The zero-order valence-electron chi connectivity index (χ0n) is 16.8. The average Bonchev–Trinajstić information content (AvgIpc) is 2.79. The maximum atomic E-state index is 12.9. The van der Waals surface area contributed by atoms with Crippen LogP contribution in [0.15, 0.2) is 48.7 Å². The lowest BCUT2D eigenvalue weighted by atomic mass is 10.2. The van der Waals surface area contributed by atoms with Gasteiger partial charge in [0, 0.05) is 76.9 Å². The summed E-state index contributed by atoms with van der Waals surface area (Å²) in [7, 11) is 0. The van der Waals surface area contributed by atoms with Gasteiger partial charge in [-0.25, -0.2) is 0 Å². The molecular formula is C22H27N5O2. The Morgan fingerprint density at radius 2 is 1.34 bits per heavy atom. The highest BCUT2D eigenvalue weighted by Crippen LogP contribution is 2.21. The number of amides is 2. The minimum absolute atomic E-state index is 0.0574. The molecule has 0 bridgehead atoms. The summed E-state index contributed by atoms with van der Waals surface area (Å²) in [5.74, 6) is 0.00448. The highest BCUT2D eigenvalue weighted by atomic mass is 16.2. The molecule has 1 aromatic carbocycles. The van der Waals surface area contributed by atoms with E-state index in [9.17, 15) is 9.59 Å². The van der Waals surface area contributed by atoms with Crippen LogP contribution >= 0.6 is 0 Å².